The molecule has 0 nitrogen and oxygen atoms in total. The van der Waals surface area contributed by atoms with Crippen LogP contribution in [0, 0.1) is 35.5 Å². The molecule has 0 spiro atoms. The zero-order valence-corrected chi connectivity index (χ0v) is 8.88. The minimum atomic E-state index is 0.930. The molecular formula is C12H22. The highest BCUT2D eigenvalue weighted by Gasteiger charge is 2.56. The highest BCUT2D eigenvalue weighted by Crippen LogP contribution is 2.62. The largest absolute Gasteiger partial charge is 0.0625 e. The lowest BCUT2D eigenvalue weighted by Crippen LogP contribution is -2.56. The van der Waals surface area contributed by atoms with Crippen LogP contribution in [0.15, 0.2) is 0 Å². The molecular weight excluding hydrogens is 144 g/mol. The van der Waals surface area contributed by atoms with Crippen molar-refractivity contribution in [2.24, 2.45) is 35.5 Å². The minimum Gasteiger partial charge on any atom is -0.0625 e. The van der Waals surface area contributed by atoms with Gasteiger partial charge in [0.15, 0.2) is 0 Å². The van der Waals surface area contributed by atoms with Crippen molar-refractivity contribution in [3.05, 3.63) is 0 Å². The van der Waals surface area contributed by atoms with Crippen molar-refractivity contribution in [3.63, 3.8) is 0 Å². The predicted molar refractivity (Wildman–Crippen MR) is 52.9 cm³/mol. The first-order valence-corrected chi connectivity index (χ1v) is 5.63. The highest BCUT2D eigenvalue weighted by atomic mass is 14.6. The van der Waals surface area contributed by atoms with E-state index in [9.17, 15) is 0 Å². The molecule has 2 aliphatic carbocycles. The molecule has 2 fully saturated rings. The van der Waals surface area contributed by atoms with Crippen LogP contribution in [-0.4, -0.2) is 0 Å². The zero-order valence-electron chi connectivity index (χ0n) is 8.88. The van der Waals surface area contributed by atoms with E-state index in [1.165, 1.54) is 12.8 Å². The van der Waals surface area contributed by atoms with E-state index in [2.05, 4.69) is 27.7 Å². The fourth-order valence-corrected chi connectivity index (χ4v) is 3.81. The Kier molecular flexibility index (Phi) is 1.97. The van der Waals surface area contributed by atoms with Gasteiger partial charge in [-0.1, -0.05) is 27.7 Å². The first kappa shape index (κ1) is 8.59. The lowest BCUT2D eigenvalue weighted by atomic mass is 9.42. The van der Waals surface area contributed by atoms with Crippen molar-refractivity contribution in [2.45, 2.75) is 40.5 Å². The number of rotatable bonds is 2. The first-order chi connectivity index (χ1) is 5.63. The van der Waals surface area contributed by atoms with Crippen molar-refractivity contribution in [1.29, 1.82) is 0 Å². The van der Waals surface area contributed by atoms with Crippen molar-refractivity contribution in [3.8, 4) is 0 Å². The molecule has 4 unspecified atom stereocenters. The van der Waals surface area contributed by atoms with Gasteiger partial charge in [-0.25, -0.2) is 0 Å². The lowest BCUT2D eigenvalue weighted by molar-refractivity contribution is -0.144. The quantitative estimate of drug-likeness (QED) is 0.588. The van der Waals surface area contributed by atoms with Gasteiger partial charge in [0.1, 0.15) is 0 Å². The Bertz CT molecular complexity index is 149. The minimum absolute atomic E-state index is 0.930. The van der Waals surface area contributed by atoms with E-state index in [0.717, 1.165) is 35.5 Å². The van der Waals surface area contributed by atoms with Crippen LogP contribution in [0.25, 0.3) is 0 Å². The van der Waals surface area contributed by atoms with Crippen LogP contribution in [0.2, 0.25) is 0 Å². The summed E-state index contributed by atoms with van der Waals surface area (Å²) in [5.74, 6) is 6.28. The fraction of sp³-hybridized carbons (Fsp3) is 1.00. The standard InChI is InChI=1S/C12H22/c1-7(2)11-9-5-6-10(9)12(11)8(3)4/h7-12H,5-6H2,1-4H3. The third-order valence-corrected chi connectivity index (χ3v) is 4.36. The van der Waals surface area contributed by atoms with E-state index in [4.69, 9.17) is 0 Å². The van der Waals surface area contributed by atoms with Gasteiger partial charge in [-0.05, 0) is 48.3 Å². The van der Waals surface area contributed by atoms with Gasteiger partial charge in [0.2, 0.25) is 0 Å². The van der Waals surface area contributed by atoms with E-state index < -0.39 is 0 Å². The molecule has 0 amide bonds. The van der Waals surface area contributed by atoms with E-state index in [1.807, 2.05) is 0 Å². The molecule has 0 aliphatic heterocycles. The number of hydrogen-bond donors (Lipinski definition) is 0. The maximum Gasteiger partial charge on any atom is -0.0326 e. The summed E-state index contributed by atoms with van der Waals surface area (Å²) in [6.07, 6.45) is 3.08. The molecule has 2 saturated carbocycles. The second kappa shape index (κ2) is 2.75. The van der Waals surface area contributed by atoms with E-state index in [-0.39, 0.29) is 0 Å². The molecule has 0 aromatic carbocycles. The molecule has 12 heavy (non-hydrogen) atoms. The Balaban J connectivity index is 2.03. The van der Waals surface area contributed by atoms with E-state index in [1.54, 1.807) is 0 Å². The van der Waals surface area contributed by atoms with Crippen molar-refractivity contribution < 1.29 is 0 Å². The fourth-order valence-electron chi connectivity index (χ4n) is 3.81. The van der Waals surface area contributed by atoms with Gasteiger partial charge in [0.05, 0.1) is 0 Å². The Labute approximate surface area is 76.7 Å². The highest BCUT2D eigenvalue weighted by molar-refractivity contribution is 5.04. The van der Waals surface area contributed by atoms with Gasteiger partial charge in [0.25, 0.3) is 0 Å². The van der Waals surface area contributed by atoms with E-state index >= 15 is 0 Å². The maximum atomic E-state index is 2.41. The molecule has 0 bridgehead atoms. The summed E-state index contributed by atoms with van der Waals surface area (Å²) in [4.78, 5) is 0. The van der Waals surface area contributed by atoms with Gasteiger partial charge in [-0.3, -0.25) is 0 Å². The summed E-state index contributed by atoms with van der Waals surface area (Å²) in [6.45, 7) is 9.65. The molecule has 0 heterocycles. The lowest BCUT2D eigenvalue weighted by Gasteiger charge is -2.63. The SMILES string of the molecule is CC(C)C1C2CCC2C1C(C)C. The molecule has 2 rings (SSSR count). The van der Waals surface area contributed by atoms with Gasteiger partial charge in [-0.15, -0.1) is 0 Å². The van der Waals surface area contributed by atoms with Crippen LogP contribution in [0.1, 0.15) is 40.5 Å². The summed E-state index contributed by atoms with van der Waals surface area (Å²) in [6, 6.07) is 0. The van der Waals surface area contributed by atoms with Crippen LogP contribution < -0.4 is 0 Å². The van der Waals surface area contributed by atoms with Crippen molar-refractivity contribution in [2.75, 3.05) is 0 Å². The van der Waals surface area contributed by atoms with Crippen LogP contribution in [0.5, 0.6) is 0 Å². The number of fused-ring (bicyclic) bond motifs is 1. The average molecular weight is 166 g/mol. The van der Waals surface area contributed by atoms with Crippen LogP contribution >= 0.6 is 0 Å². The summed E-state index contributed by atoms with van der Waals surface area (Å²) < 4.78 is 0. The van der Waals surface area contributed by atoms with Crippen LogP contribution in [-0.2, 0) is 0 Å². The maximum absolute atomic E-state index is 2.41. The van der Waals surface area contributed by atoms with Crippen molar-refractivity contribution in [1.82, 2.24) is 0 Å². The zero-order chi connectivity index (χ0) is 8.88. The molecule has 0 radical (unpaired) electrons. The second-order valence-electron chi connectivity index (χ2n) is 5.55. The van der Waals surface area contributed by atoms with Gasteiger partial charge >= 0.3 is 0 Å². The molecule has 0 heteroatoms. The van der Waals surface area contributed by atoms with Crippen LogP contribution in [0.3, 0.4) is 0 Å². The second-order valence-corrected chi connectivity index (χ2v) is 5.55. The Morgan fingerprint density at radius 2 is 1.08 bits per heavy atom. The van der Waals surface area contributed by atoms with Gasteiger partial charge in [0, 0.05) is 0 Å². The first-order valence-electron chi connectivity index (χ1n) is 5.63. The van der Waals surface area contributed by atoms with Gasteiger partial charge < -0.3 is 0 Å². The topological polar surface area (TPSA) is 0 Å². The Morgan fingerprint density at radius 1 is 0.750 bits per heavy atom. The molecule has 0 aromatic rings. The molecule has 0 aromatic heterocycles. The normalized spacial score (nSPS) is 45.5. The van der Waals surface area contributed by atoms with Gasteiger partial charge in [-0.2, -0.15) is 0 Å². The number of hydrogen-bond acceptors (Lipinski definition) is 0. The smallest absolute Gasteiger partial charge is 0.0326 e. The molecule has 0 saturated heterocycles. The third kappa shape index (κ3) is 0.963. The summed E-state index contributed by atoms with van der Waals surface area (Å²) in [5, 5.41) is 0. The monoisotopic (exact) mass is 166 g/mol. The average Bonchev–Trinajstić information content (AvgIpc) is 1.91. The molecule has 4 atom stereocenters. The Hall–Kier alpha value is 0. The van der Waals surface area contributed by atoms with Crippen molar-refractivity contribution >= 4 is 0 Å². The van der Waals surface area contributed by atoms with Crippen LogP contribution in [0.4, 0.5) is 0 Å². The molecule has 0 N–H and O–H groups in total. The summed E-state index contributed by atoms with van der Waals surface area (Å²) in [7, 11) is 0. The Morgan fingerprint density at radius 3 is 1.25 bits per heavy atom. The third-order valence-electron chi connectivity index (χ3n) is 4.36. The predicted octanol–water partition coefficient (Wildman–Crippen LogP) is 3.57. The molecule has 2 aliphatic rings. The summed E-state index contributed by atoms with van der Waals surface area (Å²) >= 11 is 0. The summed E-state index contributed by atoms with van der Waals surface area (Å²) in [5.41, 5.74) is 0. The van der Waals surface area contributed by atoms with E-state index in [0.29, 0.717) is 0 Å². The molecule has 70 valence electrons.